The van der Waals surface area contributed by atoms with Crippen molar-refractivity contribution < 1.29 is 9.47 Å². The van der Waals surface area contributed by atoms with E-state index >= 15 is 0 Å². The maximum Gasteiger partial charge on any atom is 0.138 e. The first-order valence-corrected chi connectivity index (χ1v) is 6.16. The second kappa shape index (κ2) is 5.98. The highest BCUT2D eigenvalue weighted by Gasteiger charge is 2.22. The monoisotopic (exact) mass is 236 g/mol. The zero-order valence-corrected chi connectivity index (χ0v) is 10.3. The molecule has 0 spiro atoms. The number of hydrogen-bond donors (Lipinski definition) is 1. The van der Waals surface area contributed by atoms with Crippen molar-refractivity contribution in [3.05, 3.63) is 24.0 Å². The molecule has 17 heavy (non-hydrogen) atoms. The Bertz CT molecular complexity index is 340. The zero-order valence-electron chi connectivity index (χ0n) is 10.3. The molecule has 0 saturated heterocycles. The average molecular weight is 236 g/mol. The van der Waals surface area contributed by atoms with Gasteiger partial charge in [0.25, 0.3) is 0 Å². The molecule has 94 valence electrons. The first-order chi connectivity index (χ1) is 8.31. The van der Waals surface area contributed by atoms with Gasteiger partial charge in [-0.25, -0.2) is 0 Å². The molecule has 4 heteroatoms. The minimum absolute atomic E-state index is 0.249. The van der Waals surface area contributed by atoms with Gasteiger partial charge in [-0.15, -0.1) is 0 Å². The molecule has 0 bridgehead atoms. The third kappa shape index (κ3) is 3.41. The molecule has 4 nitrogen and oxygen atoms in total. The smallest absolute Gasteiger partial charge is 0.138 e. The molecule has 1 aromatic rings. The highest BCUT2D eigenvalue weighted by molar-refractivity contribution is 5.20. The predicted octanol–water partition coefficient (Wildman–Crippen LogP) is 1.88. The topological polar surface area (TPSA) is 57.4 Å². The van der Waals surface area contributed by atoms with Crippen molar-refractivity contribution >= 4 is 0 Å². The summed E-state index contributed by atoms with van der Waals surface area (Å²) in [5.41, 5.74) is 6.39. The summed E-state index contributed by atoms with van der Waals surface area (Å²) in [5.74, 6) is 0.823. The standard InChI is InChI=1S/C13H20N2O2/c1-16-11-3-2-4-12(7-11)17-13-6-5-10(8-14)15-9-13/h5-6,9,11-12H,2-4,7-8,14H2,1H3. The molecule has 2 N–H and O–H groups in total. The fourth-order valence-electron chi connectivity index (χ4n) is 2.22. The van der Waals surface area contributed by atoms with Crippen molar-refractivity contribution in [1.82, 2.24) is 4.98 Å². The number of rotatable bonds is 4. The quantitative estimate of drug-likeness (QED) is 0.867. The molecule has 1 aliphatic carbocycles. The highest BCUT2D eigenvalue weighted by atomic mass is 16.5. The Kier molecular flexibility index (Phi) is 4.34. The Morgan fingerprint density at radius 1 is 1.35 bits per heavy atom. The lowest BCUT2D eigenvalue weighted by Crippen LogP contribution is -2.29. The molecule has 1 aliphatic rings. The van der Waals surface area contributed by atoms with Gasteiger partial charge in [0, 0.05) is 20.1 Å². The lowest BCUT2D eigenvalue weighted by molar-refractivity contribution is 0.0208. The van der Waals surface area contributed by atoms with Crippen LogP contribution >= 0.6 is 0 Å². The molecule has 1 fully saturated rings. The summed E-state index contributed by atoms with van der Waals surface area (Å²) in [7, 11) is 1.77. The van der Waals surface area contributed by atoms with Gasteiger partial charge < -0.3 is 15.2 Å². The first kappa shape index (κ1) is 12.3. The van der Waals surface area contributed by atoms with Crippen LogP contribution < -0.4 is 10.5 Å². The zero-order chi connectivity index (χ0) is 12.1. The predicted molar refractivity (Wildman–Crippen MR) is 65.8 cm³/mol. The first-order valence-electron chi connectivity index (χ1n) is 6.16. The van der Waals surface area contributed by atoms with E-state index in [4.69, 9.17) is 15.2 Å². The van der Waals surface area contributed by atoms with Crippen LogP contribution in [0.3, 0.4) is 0 Å². The number of ether oxygens (including phenoxy) is 2. The summed E-state index contributed by atoms with van der Waals surface area (Å²) >= 11 is 0. The van der Waals surface area contributed by atoms with Gasteiger partial charge >= 0.3 is 0 Å². The Balaban J connectivity index is 1.90. The molecule has 2 atom stereocenters. The minimum atomic E-state index is 0.249. The molecule has 1 aromatic heterocycles. The number of pyridine rings is 1. The van der Waals surface area contributed by atoms with Gasteiger partial charge in [-0.05, 0) is 31.4 Å². The molecule has 1 saturated carbocycles. The second-order valence-electron chi connectivity index (χ2n) is 4.45. The van der Waals surface area contributed by atoms with Crippen molar-refractivity contribution in [3.8, 4) is 5.75 Å². The Morgan fingerprint density at radius 3 is 2.82 bits per heavy atom. The molecule has 2 unspecified atom stereocenters. The van der Waals surface area contributed by atoms with Crippen LogP contribution in [0.1, 0.15) is 31.4 Å². The Hall–Kier alpha value is -1.13. The minimum Gasteiger partial charge on any atom is -0.489 e. The Morgan fingerprint density at radius 2 is 2.18 bits per heavy atom. The molecule has 1 heterocycles. The van der Waals surface area contributed by atoms with E-state index in [1.54, 1.807) is 13.3 Å². The van der Waals surface area contributed by atoms with Crippen LogP contribution in [0.4, 0.5) is 0 Å². The van der Waals surface area contributed by atoms with Crippen molar-refractivity contribution in [2.45, 2.75) is 44.4 Å². The molecule has 0 aromatic carbocycles. The van der Waals surface area contributed by atoms with Gasteiger partial charge in [0.1, 0.15) is 11.9 Å². The van der Waals surface area contributed by atoms with Gasteiger partial charge in [0.15, 0.2) is 0 Å². The normalized spacial score (nSPS) is 24.6. The van der Waals surface area contributed by atoms with Crippen molar-refractivity contribution in [2.24, 2.45) is 5.73 Å². The van der Waals surface area contributed by atoms with E-state index in [0.717, 1.165) is 37.1 Å². The van der Waals surface area contributed by atoms with E-state index in [9.17, 15) is 0 Å². The molecule has 0 radical (unpaired) electrons. The fourth-order valence-corrected chi connectivity index (χ4v) is 2.22. The number of nitrogens with zero attached hydrogens (tertiary/aromatic N) is 1. The van der Waals surface area contributed by atoms with E-state index in [1.165, 1.54) is 0 Å². The summed E-state index contributed by atoms with van der Waals surface area (Å²) in [6.45, 7) is 0.468. The number of aromatic nitrogens is 1. The number of nitrogens with two attached hydrogens (primary N) is 1. The van der Waals surface area contributed by atoms with Crippen molar-refractivity contribution in [1.29, 1.82) is 0 Å². The van der Waals surface area contributed by atoms with E-state index in [-0.39, 0.29) is 6.10 Å². The van der Waals surface area contributed by atoms with Gasteiger partial charge in [-0.3, -0.25) is 4.98 Å². The summed E-state index contributed by atoms with van der Waals surface area (Å²) in [5, 5.41) is 0. The number of hydrogen-bond acceptors (Lipinski definition) is 4. The van der Waals surface area contributed by atoms with Crippen LogP contribution in [0.15, 0.2) is 18.3 Å². The van der Waals surface area contributed by atoms with Crippen molar-refractivity contribution in [2.75, 3.05) is 7.11 Å². The second-order valence-corrected chi connectivity index (χ2v) is 4.45. The lowest BCUT2D eigenvalue weighted by atomic mass is 9.95. The summed E-state index contributed by atoms with van der Waals surface area (Å²) in [6, 6.07) is 3.84. The van der Waals surface area contributed by atoms with Crippen LogP contribution in [0, 0.1) is 0 Å². The summed E-state index contributed by atoms with van der Waals surface area (Å²) in [4.78, 5) is 4.22. The molecule has 2 rings (SSSR count). The maximum absolute atomic E-state index is 5.90. The number of methoxy groups -OCH3 is 1. The third-order valence-electron chi connectivity index (χ3n) is 3.22. The van der Waals surface area contributed by atoms with Crippen LogP contribution in [-0.2, 0) is 11.3 Å². The van der Waals surface area contributed by atoms with Crippen LogP contribution in [0.25, 0.3) is 0 Å². The molecule has 0 aliphatic heterocycles. The van der Waals surface area contributed by atoms with E-state index in [0.29, 0.717) is 12.6 Å². The van der Waals surface area contributed by atoms with E-state index in [2.05, 4.69) is 4.98 Å². The lowest BCUT2D eigenvalue weighted by Gasteiger charge is -2.28. The highest BCUT2D eigenvalue weighted by Crippen LogP contribution is 2.24. The van der Waals surface area contributed by atoms with Crippen LogP contribution in [-0.4, -0.2) is 24.3 Å². The maximum atomic E-state index is 5.90. The Labute approximate surface area is 102 Å². The van der Waals surface area contributed by atoms with Gasteiger partial charge in [0.05, 0.1) is 18.0 Å². The van der Waals surface area contributed by atoms with Gasteiger partial charge in [0.2, 0.25) is 0 Å². The van der Waals surface area contributed by atoms with Gasteiger partial charge in [-0.2, -0.15) is 0 Å². The fraction of sp³-hybridized carbons (Fsp3) is 0.615. The van der Waals surface area contributed by atoms with E-state index < -0.39 is 0 Å². The molecular weight excluding hydrogens is 216 g/mol. The van der Waals surface area contributed by atoms with E-state index in [1.807, 2.05) is 12.1 Å². The summed E-state index contributed by atoms with van der Waals surface area (Å²) < 4.78 is 11.3. The summed E-state index contributed by atoms with van der Waals surface area (Å²) in [6.07, 6.45) is 6.70. The SMILES string of the molecule is COC1CCCC(Oc2ccc(CN)nc2)C1. The van der Waals surface area contributed by atoms with Crippen molar-refractivity contribution in [3.63, 3.8) is 0 Å². The van der Waals surface area contributed by atoms with Gasteiger partial charge in [-0.1, -0.05) is 0 Å². The van der Waals surface area contributed by atoms with Crippen LogP contribution in [0.5, 0.6) is 5.75 Å². The largest absolute Gasteiger partial charge is 0.489 e. The van der Waals surface area contributed by atoms with Crippen LogP contribution in [0.2, 0.25) is 0 Å². The third-order valence-corrected chi connectivity index (χ3v) is 3.22. The average Bonchev–Trinajstić information content (AvgIpc) is 2.40. The molecular formula is C13H20N2O2. The molecule has 0 amide bonds.